The van der Waals surface area contributed by atoms with Crippen molar-refractivity contribution < 1.29 is 4.79 Å². The summed E-state index contributed by atoms with van der Waals surface area (Å²) in [6.45, 7) is 5.84. The number of benzene rings is 2. The van der Waals surface area contributed by atoms with E-state index in [0.29, 0.717) is 5.56 Å². The van der Waals surface area contributed by atoms with Crippen molar-refractivity contribution in [2.75, 3.05) is 5.32 Å². The molecule has 0 unspecified atom stereocenters. The number of carbonyl (C=O) groups excluding carboxylic acids is 1. The number of hydrogen-bond donors (Lipinski definition) is 1. The molecule has 0 radical (unpaired) electrons. The number of amides is 1. The Labute approximate surface area is 141 Å². The maximum atomic E-state index is 12.4. The van der Waals surface area contributed by atoms with Crippen molar-refractivity contribution in [1.82, 2.24) is 9.97 Å². The van der Waals surface area contributed by atoms with Crippen LogP contribution in [0.5, 0.6) is 0 Å². The van der Waals surface area contributed by atoms with Crippen molar-refractivity contribution in [2.45, 2.75) is 20.8 Å². The average molecular weight is 317 g/mol. The van der Waals surface area contributed by atoms with Gasteiger partial charge in [-0.25, -0.2) is 9.97 Å². The van der Waals surface area contributed by atoms with Crippen LogP contribution in [0.2, 0.25) is 0 Å². The van der Waals surface area contributed by atoms with Crippen LogP contribution < -0.4 is 5.32 Å². The first kappa shape index (κ1) is 15.9. The van der Waals surface area contributed by atoms with Gasteiger partial charge in [0.1, 0.15) is 5.82 Å². The second kappa shape index (κ2) is 6.62. The molecule has 24 heavy (non-hydrogen) atoms. The van der Waals surface area contributed by atoms with E-state index in [2.05, 4.69) is 21.4 Å². The third kappa shape index (κ3) is 3.66. The van der Waals surface area contributed by atoms with Gasteiger partial charge in [0.2, 0.25) is 0 Å². The maximum Gasteiger partial charge on any atom is 0.255 e. The van der Waals surface area contributed by atoms with Gasteiger partial charge in [-0.3, -0.25) is 4.79 Å². The molecule has 0 aliphatic rings. The molecule has 0 saturated heterocycles. The molecule has 0 fully saturated rings. The van der Waals surface area contributed by atoms with Crippen LogP contribution >= 0.6 is 0 Å². The summed E-state index contributed by atoms with van der Waals surface area (Å²) in [6.07, 6.45) is 1.74. The minimum Gasteiger partial charge on any atom is -0.322 e. The van der Waals surface area contributed by atoms with Gasteiger partial charge < -0.3 is 5.32 Å². The molecule has 1 heterocycles. The van der Waals surface area contributed by atoms with E-state index in [4.69, 9.17) is 0 Å². The minimum atomic E-state index is -0.104. The molecule has 0 aliphatic heterocycles. The molecule has 4 nitrogen and oxygen atoms in total. The smallest absolute Gasteiger partial charge is 0.255 e. The minimum absolute atomic E-state index is 0.104. The van der Waals surface area contributed by atoms with E-state index in [9.17, 15) is 4.79 Å². The van der Waals surface area contributed by atoms with Gasteiger partial charge in [-0.15, -0.1) is 0 Å². The van der Waals surface area contributed by atoms with Crippen LogP contribution in [0.4, 0.5) is 5.69 Å². The zero-order chi connectivity index (χ0) is 17.1. The Kier molecular flexibility index (Phi) is 4.38. The van der Waals surface area contributed by atoms with E-state index in [1.807, 2.05) is 63.2 Å². The number of nitrogens with zero attached hydrogens (tertiary/aromatic N) is 2. The van der Waals surface area contributed by atoms with E-state index in [0.717, 1.165) is 33.9 Å². The number of anilines is 1. The highest BCUT2D eigenvalue weighted by Gasteiger charge is 2.08. The van der Waals surface area contributed by atoms with Gasteiger partial charge in [0.05, 0.1) is 5.69 Å². The standard InChI is InChI=1S/C20H19N3O/c1-13-10-14(2)12-17(11-13)20(24)23-18-6-4-16(5-7-18)19-8-9-21-15(3)22-19/h4-12H,1-3H3,(H,23,24). The highest BCUT2D eigenvalue weighted by molar-refractivity contribution is 6.04. The Balaban J connectivity index is 1.77. The fourth-order valence-electron chi connectivity index (χ4n) is 2.65. The normalized spacial score (nSPS) is 10.5. The lowest BCUT2D eigenvalue weighted by Gasteiger charge is -2.08. The van der Waals surface area contributed by atoms with Gasteiger partial charge in [-0.2, -0.15) is 0 Å². The maximum absolute atomic E-state index is 12.4. The molecule has 120 valence electrons. The predicted molar refractivity (Wildman–Crippen MR) is 96.1 cm³/mol. The van der Waals surface area contributed by atoms with Gasteiger partial charge in [-0.1, -0.05) is 29.3 Å². The van der Waals surface area contributed by atoms with Crippen molar-refractivity contribution in [3.63, 3.8) is 0 Å². The highest BCUT2D eigenvalue weighted by Crippen LogP contribution is 2.20. The number of carbonyl (C=O) groups is 1. The van der Waals surface area contributed by atoms with Crippen LogP contribution in [0.3, 0.4) is 0 Å². The van der Waals surface area contributed by atoms with Gasteiger partial charge in [0, 0.05) is 23.0 Å². The lowest BCUT2D eigenvalue weighted by atomic mass is 10.1. The van der Waals surface area contributed by atoms with Crippen LogP contribution in [0.15, 0.2) is 54.7 Å². The largest absolute Gasteiger partial charge is 0.322 e. The van der Waals surface area contributed by atoms with Crippen molar-refractivity contribution in [3.05, 3.63) is 77.2 Å². The Bertz CT molecular complexity index is 865. The van der Waals surface area contributed by atoms with Crippen LogP contribution in [0, 0.1) is 20.8 Å². The number of rotatable bonds is 3. The van der Waals surface area contributed by atoms with Crippen molar-refractivity contribution >= 4 is 11.6 Å². The molecule has 2 aromatic carbocycles. The summed E-state index contributed by atoms with van der Waals surface area (Å²) in [6, 6.07) is 15.4. The quantitative estimate of drug-likeness (QED) is 0.782. The summed E-state index contributed by atoms with van der Waals surface area (Å²) >= 11 is 0. The third-order valence-electron chi connectivity index (χ3n) is 3.70. The highest BCUT2D eigenvalue weighted by atomic mass is 16.1. The van der Waals surface area contributed by atoms with E-state index in [1.54, 1.807) is 6.20 Å². The van der Waals surface area contributed by atoms with Crippen LogP contribution in [0.1, 0.15) is 27.3 Å². The summed E-state index contributed by atoms with van der Waals surface area (Å²) in [5.41, 5.74) is 5.44. The second-order valence-electron chi connectivity index (χ2n) is 5.90. The molecule has 1 aromatic heterocycles. The van der Waals surface area contributed by atoms with Gasteiger partial charge in [-0.05, 0) is 51.1 Å². The van der Waals surface area contributed by atoms with Gasteiger partial charge >= 0.3 is 0 Å². The number of nitrogens with one attached hydrogen (secondary N) is 1. The first-order chi connectivity index (χ1) is 11.5. The lowest BCUT2D eigenvalue weighted by molar-refractivity contribution is 0.102. The average Bonchev–Trinajstić information content (AvgIpc) is 2.54. The molecule has 0 atom stereocenters. The SMILES string of the molecule is Cc1cc(C)cc(C(=O)Nc2ccc(-c3ccnc(C)n3)cc2)c1. The fourth-order valence-corrected chi connectivity index (χ4v) is 2.65. The monoisotopic (exact) mass is 317 g/mol. The number of hydrogen-bond acceptors (Lipinski definition) is 3. The molecule has 3 rings (SSSR count). The number of aryl methyl sites for hydroxylation is 3. The van der Waals surface area contributed by atoms with Gasteiger partial charge in [0.15, 0.2) is 0 Å². The van der Waals surface area contributed by atoms with Gasteiger partial charge in [0.25, 0.3) is 5.91 Å². The Hall–Kier alpha value is -3.01. The van der Waals surface area contributed by atoms with Crippen LogP contribution in [0.25, 0.3) is 11.3 Å². The molecular weight excluding hydrogens is 298 g/mol. The van der Waals surface area contributed by atoms with E-state index < -0.39 is 0 Å². The topological polar surface area (TPSA) is 54.9 Å². The molecule has 1 N–H and O–H groups in total. The molecule has 0 aliphatic carbocycles. The Morgan fingerprint density at radius 1 is 0.917 bits per heavy atom. The summed E-state index contributed by atoms with van der Waals surface area (Å²) in [7, 11) is 0. The summed E-state index contributed by atoms with van der Waals surface area (Å²) in [5, 5.41) is 2.93. The molecule has 0 spiro atoms. The van der Waals surface area contributed by atoms with Crippen LogP contribution in [-0.2, 0) is 0 Å². The molecule has 0 bridgehead atoms. The Morgan fingerprint density at radius 3 is 2.21 bits per heavy atom. The Morgan fingerprint density at radius 2 is 1.58 bits per heavy atom. The van der Waals surface area contributed by atoms with Crippen molar-refractivity contribution in [1.29, 1.82) is 0 Å². The fraction of sp³-hybridized carbons (Fsp3) is 0.150. The van der Waals surface area contributed by atoms with Crippen molar-refractivity contribution in [3.8, 4) is 11.3 Å². The molecule has 1 amide bonds. The molecule has 4 heteroatoms. The van der Waals surface area contributed by atoms with Crippen molar-refractivity contribution in [2.24, 2.45) is 0 Å². The third-order valence-corrected chi connectivity index (χ3v) is 3.70. The first-order valence-electron chi connectivity index (χ1n) is 7.81. The first-order valence-corrected chi connectivity index (χ1v) is 7.81. The number of aromatic nitrogens is 2. The summed E-state index contributed by atoms with van der Waals surface area (Å²) < 4.78 is 0. The summed E-state index contributed by atoms with van der Waals surface area (Å²) in [4.78, 5) is 20.9. The lowest BCUT2D eigenvalue weighted by Crippen LogP contribution is -2.12. The van der Waals surface area contributed by atoms with Crippen LogP contribution in [-0.4, -0.2) is 15.9 Å². The molecule has 0 saturated carbocycles. The van der Waals surface area contributed by atoms with E-state index in [-0.39, 0.29) is 5.91 Å². The zero-order valence-electron chi connectivity index (χ0n) is 14.0. The summed E-state index contributed by atoms with van der Waals surface area (Å²) in [5.74, 6) is 0.632. The molecular formula is C20H19N3O. The zero-order valence-corrected chi connectivity index (χ0v) is 14.0. The van der Waals surface area contributed by atoms with E-state index in [1.165, 1.54) is 0 Å². The second-order valence-corrected chi connectivity index (χ2v) is 5.90. The molecule has 3 aromatic rings. The van der Waals surface area contributed by atoms with E-state index >= 15 is 0 Å². The predicted octanol–water partition coefficient (Wildman–Crippen LogP) is 4.32.